The van der Waals surface area contributed by atoms with E-state index in [1.54, 1.807) is 0 Å². The van der Waals surface area contributed by atoms with E-state index in [4.69, 9.17) is 9.31 Å². The van der Waals surface area contributed by atoms with E-state index in [0.717, 1.165) is 16.6 Å². The molecule has 5 heteroatoms. The summed E-state index contributed by atoms with van der Waals surface area (Å²) in [5.74, 6) is -0.186. The van der Waals surface area contributed by atoms with E-state index in [9.17, 15) is 4.79 Å². The van der Waals surface area contributed by atoms with E-state index in [0.29, 0.717) is 12.8 Å². The summed E-state index contributed by atoms with van der Waals surface area (Å²) in [6, 6.07) is 6.13. The van der Waals surface area contributed by atoms with Gasteiger partial charge in [0.15, 0.2) is 0 Å². The number of ether oxygens (including phenoxy) is 1. The van der Waals surface area contributed by atoms with Crippen LogP contribution in [0, 0.1) is 6.92 Å². The molecule has 0 saturated carbocycles. The third-order valence-corrected chi connectivity index (χ3v) is 4.72. The Morgan fingerprint density at radius 2 is 1.77 bits per heavy atom. The second-order valence-corrected chi connectivity index (χ2v) is 6.85. The molecule has 0 aromatic heterocycles. The fraction of sp³-hybridized carbons (Fsp3) is 0.588. The van der Waals surface area contributed by atoms with Crippen LogP contribution in [0.2, 0.25) is 0 Å². The third-order valence-electron chi connectivity index (χ3n) is 4.72. The predicted molar refractivity (Wildman–Crippen MR) is 87.2 cm³/mol. The highest BCUT2D eigenvalue weighted by Crippen LogP contribution is 2.36. The van der Waals surface area contributed by atoms with Gasteiger partial charge < -0.3 is 14.0 Å². The van der Waals surface area contributed by atoms with Crippen LogP contribution in [-0.2, 0) is 25.3 Å². The molecule has 22 heavy (non-hydrogen) atoms. The molecule has 0 spiro atoms. The predicted octanol–water partition coefficient (Wildman–Crippen LogP) is 2.40. The summed E-state index contributed by atoms with van der Waals surface area (Å²) in [6.45, 7) is 10.2. The summed E-state index contributed by atoms with van der Waals surface area (Å²) in [7, 11) is 1.06. The highest BCUT2D eigenvalue weighted by molar-refractivity contribution is 6.62. The molecular weight excluding hydrogens is 279 g/mol. The Bertz CT molecular complexity index is 550. The maximum atomic E-state index is 11.3. The second kappa shape index (κ2) is 6.05. The van der Waals surface area contributed by atoms with Gasteiger partial charge in [-0.05, 0) is 57.6 Å². The molecule has 0 radical (unpaired) electrons. The lowest BCUT2D eigenvalue weighted by Gasteiger charge is -2.32. The summed E-state index contributed by atoms with van der Waals surface area (Å²) in [6.07, 6.45) is 1.08. The van der Waals surface area contributed by atoms with Crippen molar-refractivity contribution in [3.63, 3.8) is 0 Å². The average Bonchev–Trinajstić information content (AvgIpc) is 2.65. The van der Waals surface area contributed by atoms with Crippen LogP contribution in [0.3, 0.4) is 0 Å². The summed E-state index contributed by atoms with van der Waals surface area (Å²) in [4.78, 5) is 11.3. The minimum absolute atomic E-state index is 0.186. The van der Waals surface area contributed by atoms with Gasteiger partial charge in [-0.15, -0.1) is 0 Å². The minimum Gasteiger partial charge on any atom is -0.469 e. The monoisotopic (exact) mass is 304 g/mol. The molecule has 0 aliphatic carbocycles. The zero-order valence-electron chi connectivity index (χ0n) is 14.4. The van der Waals surface area contributed by atoms with Gasteiger partial charge in [-0.3, -0.25) is 4.79 Å². The second-order valence-electron chi connectivity index (χ2n) is 6.85. The summed E-state index contributed by atoms with van der Waals surface area (Å²) in [5.41, 5.74) is 2.62. The van der Waals surface area contributed by atoms with E-state index in [1.165, 1.54) is 7.11 Å². The van der Waals surface area contributed by atoms with Gasteiger partial charge in [0.25, 0.3) is 0 Å². The van der Waals surface area contributed by atoms with Crippen LogP contribution in [0.25, 0.3) is 0 Å². The van der Waals surface area contributed by atoms with Crippen LogP contribution in [0.4, 0.5) is 0 Å². The Morgan fingerprint density at radius 1 is 1.18 bits per heavy atom. The number of hydrogen-bond donors (Lipinski definition) is 0. The molecule has 1 heterocycles. The standard InChI is InChI=1S/C17H25BO4/c1-12-11-14(9-7-13(12)8-10-15(19)20-6)18-21-16(2,3)17(4,5)22-18/h7,9,11H,8,10H2,1-6H3. The van der Waals surface area contributed by atoms with Gasteiger partial charge in [0.05, 0.1) is 18.3 Å². The molecule has 1 fully saturated rings. The zero-order chi connectivity index (χ0) is 16.5. The molecule has 1 aliphatic heterocycles. The smallest absolute Gasteiger partial charge is 0.469 e. The molecule has 0 amide bonds. The molecule has 2 rings (SSSR count). The number of hydrogen-bond acceptors (Lipinski definition) is 4. The normalized spacial score (nSPS) is 19.3. The maximum absolute atomic E-state index is 11.3. The molecule has 1 saturated heterocycles. The number of carbonyl (C=O) groups is 1. The lowest BCUT2D eigenvalue weighted by molar-refractivity contribution is -0.140. The summed E-state index contributed by atoms with van der Waals surface area (Å²) < 4.78 is 16.8. The van der Waals surface area contributed by atoms with Gasteiger partial charge in [0.2, 0.25) is 0 Å². The van der Waals surface area contributed by atoms with E-state index < -0.39 is 0 Å². The van der Waals surface area contributed by atoms with E-state index in [-0.39, 0.29) is 24.3 Å². The van der Waals surface area contributed by atoms with Gasteiger partial charge in [-0.25, -0.2) is 0 Å². The molecule has 120 valence electrons. The average molecular weight is 304 g/mol. The van der Waals surface area contributed by atoms with Crippen molar-refractivity contribution in [2.45, 2.75) is 58.7 Å². The molecule has 4 nitrogen and oxygen atoms in total. The quantitative estimate of drug-likeness (QED) is 0.633. The Kier molecular flexibility index (Phi) is 4.69. The van der Waals surface area contributed by atoms with Crippen molar-refractivity contribution in [3.8, 4) is 0 Å². The zero-order valence-corrected chi connectivity index (χ0v) is 14.4. The van der Waals surface area contributed by atoms with Crippen molar-refractivity contribution >= 4 is 18.6 Å². The van der Waals surface area contributed by atoms with Gasteiger partial charge >= 0.3 is 13.1 Å². The van der Waals surface area contributed by atoms with E-state index in [1.807, 2.05) is 46.8 Å². The molecule has 0 bridgehead atoms. The minimum atomic E-state index is -0.349. The number of carbonyl (C=O) groups excluding carboxylic acids is 1. The fourth-order valence-electron chi connectivity index (χ4n) is 2.46. The number of aryl methyl sites for hydroxylation is 2. The largest absolute Gasteiger partial charge is 0.494 e. The molecule has 0 atom stereocenters. The van der Waals surface area contributed by atoms with Crippen molar-refractivity contribution < 1.29 is 18.8 Å². The topological polar surface area (TPSA) is 44.8 Å². The number of benzene rings is 1. The van der Waals surface area contributed by atoms with Crippen LogP contribution in [0.5, 0.6) is 0 Å². The Hall–Kier alpha value is -1.33. The van der Waals surface area contributed by atoms with Crippen LogP contribution in [0.15, 0.2) is 18.2 Å². The van der Waals surface area contributed by atoms with E-state index >= 15 is 0 Å². The van der Waals surface area contributed by atoms with Crippen LogP contribution < -0.4 is 5.46 Å². The van der Waals surface area contributed by atoms with Crippen molar-refractivity contribution in [2.75, 3.05) is 7.11 Å². The first-order chi connectivity index (χ1) is 10.2. The van der Waals surface area contributed by atoms with Crippen molar-refractivity contribution in [2.24, 2.45) is 0 Å². The molecule has 0 N–H and O–H groups in total. The van der Waals surface area contributed by atoms with Gasteiger partial charge in [0, 0.05) is 6.42 Å². The molecule has 1 aromatic rings. The van der Waals surface area contributed by atoms with Crippen LogP contribution in [-0.4, -0.2) is 31.4 Å². The van der Waals surface area contributed by atoms with Crippen molar-refractivity contribution in [1.82, 2.24) is 0 Å². The lowest BCUT2D eigenvalue weighted by atomic mass is 9.77. The van der Waals surface area contributed by atoms with Crippen LogP contribution >= 0.6 is 0 Å². The van der Waals surface area contributed by atoms with E-state index in [2.05, 4.69) is 10.8 Å². The SMILES string of the molecule is COC(=O)CCc1ccc(B2OC(C)(C)C(C)(C)O2)cc1C. The summed E-state index contributed by atoms with van der Waals surface area (Å²) >= 11 is 0. The molecular formula is C17H25BO4. The molecule has 1 aromatic carbocycles. The first-order valence-corrected chi connectivity index (χ1v) is 7.68. The first kappa shape index (κ1) is 17.0. The van der Waals surface area contributed by atoms with Crippen molar-refractivity contribution in [3.05, 3.63) is 29.3 Å². The van der Waals surface area contributed by atoms with Crippen molar-refractivity contribution in [1.29, 1.82) is 0 Å². The maximum Gasteiger partial charge on any atom is 0.494 e. The Balaban J connectivity index is 2.12. The number of esters is 1. The molecule has 0 unspecified atom stereocenters. The van der Waals surface area contributed by atoms with Gasteiger partial charge in [0.1, 0.15) is 0 Å². The number of methoxy groups -OCH3 is 1. The Morgan fingerprint density at radius 3 is 2.27 bits per heavy atom. The third kappa shape index (κ3) is 3.36. The van der Waals surface area contributed by atoms with Crippen LogP contribution in [0.1, 0.15) is 45.2 Å². The highest BCUT2D eigenvalue weighted by atomic mass is 16.7. The lowest BCUT2D eigenvalue weighted by Crippen LogP contribution is -2.41. The Labute approximate surface area is 133 Å². The van der Waals surface area contributed by atoms with Gasteiger partial charge in [-0.1, -0.05) is 18.2 Å². The molecule has 1 aliphatic rings. The van der Waals surface area contributed by atoms with Gasteiger partial charge in [-0.2, -0.15) is 0 Å². The number of rotatable bonds is 4. The highest BCUT2D eigenvalue weighted by Gasteiger charge is 2.51. The fourth-order valence-corrected chi connectivity index (χ4v) is 2.46. The first-order valence-electron chi connectivity index (χ1n) is 7.68. The summed E-state index contributed by atoms with van der Waals surface area (Å²) in [5, 5.41) is 0.